The van der Waals surface area contributed by atoms with Gasteiger partial charge in [-0.15, -0.1) is 0 Å². The Morgan fingerprint density at radius 3 is 1.50 bits per heavy atom. The lowest BCUT2D eigenvalue weighted by Gasteiger charge is -2.07. The van der Waals surface area contributed by atoms with Crippen LogP contribution in [0.5, 0.6) is 0 Å². The average Bonchev–Trinajstić information content (AvgIpc) is 3.20. The Morgan fingerprint density at radius 1 is 0.692 bits per heavy atom. The van der Waals surface area contributed by atoms with E-state index < -0.39 is 11.8 Å². The average molecular weight is 338 g/mol. The molecule has 0 bridgehead atoms. The third-order valence-electron chi connectivity index (χ3n) is 4.24. The molecule has 2 amide bonds. The van der Waals surface area contributed by atoms with E-state index in [-0.39, 0.29) is 11.1 Å². The molecule has 2 aliphatic heterocycles. The van der Waals surface area contributed by atoms with E-state index in [4.69, 9.17) is 10.5 Å². The first-order valence-corrected chi connectivity index (χ1v) is 7.75. The van der Waals surface area contributed by atoms with Crippen molar-refractivity contribution in [2.24, 2.45) is 0 Å². The minimum atomic E-state index is -0.395. The molecule has 4 rings (SSSR count). The number of carbonyl (C=O) groups excluding carboxylic acids is 2. The maximum absolute atomic E-state index is 12.5. The molecule has 0 fully saturated rings. The predicted molar refractivity (Wildman–Crippen MR) is 92.4 cm³/mol. The second kappa shape index (κ2) is 5.73. The van der Waals surface area contributed by atoms with Crippen molar-refractivity contribution < 1.29 is 9.59 Å². The number of nitriles is 2. The molecule has 2 aromatic carbocycles. The SMILES string of the molecule is N#Cc1cccc(C2=C3C(=O)NC(c4cccc(C#N)c4)=C3C(=O)N2)c1. The van der Waals surface area contributed by atoms with E-state index in [1.54, 1.807) is 48.5 Å². The second-order valence-electron chi connectivity index (χ2n) is 5.79. The van der Waals surface area contributed by atoms with Gasteiger partial charge in [0.15, 0.2) is 0 Å². The van der Waals surface area contributed by atoms with Crippen LogP contribution in [0.4, 0.5) is 0 Å². The summed E-state index contributed by atoms with van der Waals surface area (Å²) in [6.45, 7) is 0. The first kappa shape index (κ1) is 15.4. The first-order chi connectivity index (χ1) is 12.6. The Balaban J connectivity index is 1.91. The van der Waals surface area contributed by atoms with E-state index in [1.165, 1.54) is 0 Å². The summed E-state index contributed by atoms with van der Waals surface area (Å²) >= 11 is 0. The summed E-state index contributed by atoms with van der Waals surface area (Å²) in [4.78, 5) is 25.1. The first-order valence-electron chi connectivity index (χ1n) is 7.75. The largest absolute Gasteiger partial charge is 0.321 e. The van der Waals surface area contributed by atoms with Gasteiger partial charge in [-0.05, 0) is 24.3 Å². The minimum Gasteiger partial charge on any atom is -0.321 e. The van der Waals surface area contributed by atoms with Gasteiger partial charge in [0, 0.05) is 11.1 Å². The number of rotatable bonds is 2. The summed E-state index contributed by atoms with van der Waals surface area (Å²) < 4.78 is 0. The normalized spacial score (nSPS) is 15.3. The summed E-state index contributed by atoms with van der Waals surface area (Å²) in [6, 6.07) is 17.5. The Labute approximate surface area is 148 Å². The van der Waals surface area contributed by atoms with Gasteiger partial charge in [-0.2, -0.15) is 10.5 Å². The fourth-order valence-corrected chi connectivity index (χ4v) is 3.10. The van der Waals surface area contributed by atoms with Crippen LogP contribution in [0.15, 0.2) is 59.7 Å². The number of benzene rings is 2. The standard InChI is InChI=1S/C20H10N4O2/c21-9-11-3-1-5-13(7-11)17-15-16(20(26)23-17)18(24-19(15)25)14-6-2-4-12(8-14)10-22/h1-8H,(H,23,26)(H,24,25). The summed E-state index contributed by atoms with van der Waals surface area (Å²) in [5, 5.41) is 23.6. The maximum Gasteiger partial charge on any atom is 0.258 e. The highest BCUT2D eigenvalue weighted by atomic mass is 16.2. The van der Waals surface area contributed by atoms with Crippen LogP contribution < -0.4 is 10.6 Å². The molecule has 2 aromatic rings. The second-order valence-corrected chi connectivity index (χ2v) is 5.79. The van der Waals surface area contributed by atoms with Crippen molar-refractivity contribution in [3.63, 3.8) is 0 Å². The fraction of sp³-hybridized carbons (Fsp3) is 0. The molecular weight excluding hydrogens is 328 g/mol. The third-order valence-corrected chi connectivity index (χ3v) is 4.24. The predicted octanol–water partition coefficient (Wildman–Crippen LogP) is 1.81. The van der Waals surface area contributed by atoms with E-state index in [0.717, 1.165) is 0 Å². The Kier molecular flexibility index (Phi) is 3.39. The molecule has 0 saturated carbocycles. The molecule has 0 aromatic heterocycles. The van der Waals surface area contributed by atoms with Crippen molar-refractivity contribution in [2.75, 3.05) is 0 Å². The van der Waals surface area contributed by atoms with E-state index in [9.17, 15) is 9.59 Å². The fourth-order valence-electron chi connectivity index (χ4n) is 3.10. The maximum atomic E-state index is 12.5. The van der Waals surface area contributed by atoms with E-state index >= 15 is 0 Å². The van der Waals surface area contributed by atoms with Gasteiger partial charge < -0.3 is 10.6 Å². The van der Waals surface area contributed by atoms with Crippen LogP contribution in [0, 0.1) is 22.7 Å². The van der Waals surface area contributed by atoms with Gasteiger partial charge in [0.1, 0.15) is 0 Å². The van der Waals surface area contributed by atoms with E-state index in [1.807, 2.05) is 12.1 Å². The van der Waals surface area contributed by atoms with Gasteiger partial charge in [0.25, 0.3) is 11.8 Å². The molecule has 0 radical (unpaired) electrons. The molecule has 2 heterocycles. The van der Waals surface area contributed by atoms with Crippen LogP contribution >= 0.6 is 0 Å². The van der Waals surface area contributed by atoms with Crippen molar-refractivity contribution in [1.82, 2.24) is 10.6 Å². The van der Waals surface area contributed by atoms with Crippen LogP contribution in [-0.2, 0) is 9.59 Å². The molecule has 6 nitrogen and oxygen atoms in total. The van der Waals surface area contributed by atoms with Crippen molar-refractivity contribution in [1.29, 1.82) is 10.5 Å². The molecule has 0 aliphatic carbocycles. The highest BCUT2D eigenvalue weighted by Crippen LogP contribution is 2.37. The molecule has 0 spiro atoms. The Hall–Kier alpha value is -4.16. The number of carbonyl (C=O) groups is 2. The van der Waals surface area contributed by atoms with Crippen LogP contribution in [-0.4, -0.2) is 11.8 Å². The number of nitrogens with one attached hydrogen (secondary N) is 2. The lowest BCUT2D eigenvalue weighted by molar-refractivity contribution is -0.117. The van der Waals surface area contributed by atoms with Crippen molar-refractivity contribution >= 4 is 23.2 Å². The molecule has 2 aliphatic rings. The molecule has 0 unspecified atom stereocenters. The van der Waals surface area contributed by atoms with Gasteiger partial charge in [-0.1, -0.05) is 24.3 Å². The summed E-state index contributed by atoms with van der Waals surface area (Å²) in [5.74, 6) is -0.791. The molecule has 122 valence electrons. The van der Waals surface area contributed by atoms with Crippen LogP contribution in [0.1, 0.15) is 22.3 Å². The number of amides is 2. The van der Waals surface area contributed by atoms with Gasteiger partial charge in [0.2, 0.25) is 0 Å². The van der Waals surface area contributed by atoms with Gasteiger partial charge >= 0.3 is 0 Å². The van der Waals surface area contributed by atoms with Crippen molar-refractivity contribution in [3.8, 4) is 12.1 Å². The lowest BCUT2D eigenvalue weighted by atomic mass is 10.0. The molecule has 26 heavy (non-hydrogen) atoms. The number of hydrogen-bond acceptors (Lipinski definition) is 4. The van der Waals surface area contributed by atoms with Gasteiger partial charge in [-0.3, -0.25) is 9.59 Å². The zero-order valence-corrected chi connectivity index (χ0v) is 13.3. The van der Waals surface area contributed by atoms with E-state index in [0.29, 0.717) is 33.6 Å². The molecule has 6 heteroatoms. The summed E-state index contributed by atoms with van der Waals surface area (Å²) in [6.07, 6.45) is 0. The topological polar surface area (TPSA) is 106 Å². The van der Waals surface area contributed by atoms with Gasteiger partial charge in [-0.25, -0.2) is 0 Å². The summed E-state index contributed by atoms with van der Waals surface area (Å²) in [5.41, 5.74) is 3.31. The highest BCUT2D eigenvalue weighted by Gasteiger charge is 2.40. The molecule has 0 saturated heterocycles. The van der Waals surface area contributed by atoms with E-state index in [2.05, 4.69) is 10.6 Å². The number of fused-ring (bicyclic) bond motifs is 1. The van der Waals surface area contributed by atoms with Crippen molar-refractivity contribution in [2.45, 2.75) is 0 Å². The van der Waals surface area contributed by atoms with Gasteiger partial charge in [0.05, 0.1) is 45.8 Å². The quantitative estimate of drug-likeness (QED) is 0.871. The molecule has 0 atom stereocenters. The zero-order chi connectivity index (χ0) is 18.3. The number of nitrogens with zero attached hydrogens (tertiary/aromatic N) is 2. The molecule has 2 N–H and O–H groups in total. The minimum absolute atomic E-state index is 0.252. The Morgan fingerprint density at radius 2 is 1.12 bits per heavy atom. The van der Waals surface area contributed by atoms with Crippen LogP contribution in [0.3, 0.4) is 0 Å². The smallest absolute Gasteiger partial charge is 0.258 e. The molecular formula is C20H10N4O2. The monoisotopic (exact) mass is 338 g/mol. The number of hydrogen-bond donors (Lipinski definition) is 2. The Bertz CT molecular complexity index is 1050. The van der Waals surface area contributed by atoms with Crippen LogP contribution in [0.2, 0.25) is 0 Å². The third kappa shape index (κ3) is 2.26. The van der Waals surface area contributed by atoms with Crippen molar-refractivity contribution in [3.05, 3.63) is 81.9 Å². The highest BCUT2D eigenvalue weighted by molar-refractivity contribution is 6.30. The lowest BCUT2D eigenvalue weighted by Crippen LogP contribution is -2.21. The zero-order valence-electron chi connectivity index (χ0n) is 13.3. The summed E-state index contributed by atoms with van der Waals surface area (Å²) in [7, 11) is 0. The van der Waals surface area contributed by atoms with Crippen LogP contribution in [0.25, 0.3) is 11.4 Å².